The molecule has 0 aliphatic carbocycles. The number of hydrazone groups is 1. The number of nitrogens with zero attached hydrogens (tertiary/aromatic N) is 1. The number of nitrogens with one attached hydrogen (secondary N) is 3. The molecule has 11 heteroatoms. The minimum absolute atomic E-state index is 0.0509. The van der Waals surface area contributed by atoms with Crippen molar-refractivity contribution in [1.29, 1.82) is 0 Å². The number of carbonyl (C=O) groups excluding carboxylic acids is 3. The molecular formula is C24H29N5O6. The third-order valence-electron chi connectivity index (χ3n) is 5.20. The molecule has 1 heterocycles. The van der Waals surface area contributed by atoms with Crippen molar-refractivity contribution in [3.63, 3.8) is 0 Å². The largest absolute Gasteiger partial charge is 0.466 e. The Morgan fingerprint density at radius 3 is 2.60 bits per heavy atom. The number of anilines is 1. The van der Waals surface area contributed by atoms with Gasteiger partial charge < -0.3 is 36.0 Å². The molecule has 0 bridgehead atoms. The summed E-state index contributed by atoms with van der Waals surface area (Å²) in [5, 5.41) is 11.7. The summed E-state index contributed by atoms with van der Waals surface area (Å²) >= 11 is 0. The van der Waals surface area contributed by atoms with Gasteiger partial charge >= 0.3 is 12.0 Å². The van der Waals surface area contributed by atoms with E-state index in [4.69, 9.17) is 20.1 Å². The lowest BCUT2D eigenvalue weighted by atomic mass is 10.0. The summed E-state index contributed by atoms with van der Waals surface area (Å²) in [4.78, 5) is 37.2. The molecule has 0 saturated carbocycles. The van der Waals surface area contributed by atoms with Crippen LogP contribution in [0.3, 0.4) is 0 Å². The standard InChI is InChI=1S/C24H29N5O6/c1-3-33-22(30)11-19(17-6-9-20-21(10-17)35-14-34-20)29-23(31)15(2)12-26-24(32)28-18-7-4-16(5-8-18)13-27-25/h4-10,13,15,19H,3,11-12,14,25H2,1-2H3,(H,29,31)(H2,26,28,32)/t15-,19?/m1/s1. The van der Waals surface area contributed by atoms with Crippen LogP contribution in [0.2, 0.25) is 0 Å². The van der Waals surface area contributed by atoms with Crippen LogP contribution in [0.15, 0.2) is 47.6 Å². The fourth-order valence-electron chi connectivity index (χ4n) is 3.34. The van der Waals surface area contributed by atoms with Gasteiger partial charge in [0.05, 0.1) is 31.2 Å². The van der Waals surface area contributed by atoms with Crippen LogP contribution in [-0.2, 0) is 14.3 Å². The molecule has 1 aliphatic heterocycles. The molecule has 0 radical (unpaired) electrons. The van der Waals surface area contributed by atoms with Crippen LogP contribution < -0.4 is 31.3 Å². The maximum atomic E-state index is 12.9. The SMILES string of the molecule is CCOC(=O)CC(NC(=O)[C@H](C)CNC(=O)Nc1ccc(C=NN)cc1)c1ccc2c(c1)OCO2. The first-order chi connectivity index (χ1) is 16.9. The number of ether oxygens (including phenoxy) is 3. The lowest BCUT2D eigenvalue weighted by Gasteiger charge is -2.21. The zero-order valence-corrected chi connectivity index (χ0v) is 19.6. The third-order valence-corrected chi connectivity index (χ3v) is 5.20. The maximum Gasteiger partial charge on any atom is 0.319 e. The monoisotopic (exact) mass is 483 g/mol. The van der Waals surface area contributed by atoms with Gasteiger partial charge in [0, 0.05) is 12.2 Å². The topological polar surface area (TPSA) is 153 Å². The number of hydrogen-bond donors (Lipinski definition) is 4. The van der Waals surface area contributed by atoms with Gasteiger partial charge in [0.15, 0.2) is 11.5 Å². The van der Waals surface area contributed by atoms with Gasteiger partial charge in [0.25, 0.3) is 0 Å². The summed E-state index contributed by atoms with van der Waals surface area (Å²) in [6.07, 6.45) is 1.44. The number of hydrogen-bond acceptors (Lipinski definition) is 8. The number of rotatable bonds is 10. The van der Waals surface area contributed by atoms with Crippen molar-refractivity contribution in [2.24, 2.45) is 16.9 Å². The summed E-state index contributed by atoms with van der Waals surface area (Å²) in [6, 6.07) is 11.0. The molecule has 0 aromatic heterocycles. The number of urea groups is 1. The number of benzene rings is 2. The van der Waals surface area contributed by atoms with E-state index in [1.165, 1.54) is 6.21 Å². The normalized spacial score (nSPS) is 13.7. The van der Waals surface area contributed by atoms with E-state index < -0.39 is 24.0 Å². The summed E-state index contributed by atoms with van der Waals surface area (Å²) in [6.45, 7) is 3.83. The average Bonchev–Trinajstić information content (AvgIpc) is 3.31. The second-order valence-corrected chi connectivity index (χ2v) is 7.82. The Morgan fingerprint density at radius 1 is 1.14 bits per heavy atom. The van der Waals surface area contributed by atoms with Crippen LogP contribution in [0.1, 0.15) is 37.4 Å². The molecule has 11 nitrogen and oxygen atoms in total. The van der Waals surface area contributed by atoms with E-state index in [0.29, 0.717) is 22.7 Å². The molecule has 3 rings (SSSR count). The van der Waals surface area contributed by atoms with Crippen LogP contribution in [-0.4, -0.2) is 44.1 Å². The lowest BCUT2D eigenvalue weighted by Crippen LogP contribution is -2.40. The summed E-state index contributed by atoms with van der Waals surface area (Å²) in [7, 11) is 0. The Kier molecular flexibility index (Phi) is 8.88. The molecule has 35 heavy (non-hydrogen) atoms. The fraction of sp³-hybridized carbons (Fsp3) is 0.333. The number of amides is 3. The van der Waals surface area contributed by atoms with E-state index in [-0.39, 0.29) is 32.3 Å². The summed E-state index contributed by atoms with van der Waals surface area (Å²) in [5.74, 6) is 4.92. The highest BCUT2D eigenvalue weighted by atomic mass is 16.7. The van der Waals surface area contributed by atoms with Gasteiger partial charge in [-0.2, -0.15) is 5.10 Å². The van der Waals surface area contributed by atoms with E-state index in [2.05, 4.69) is 21.1 Å². The molecule has 0 saturated heterocycles. The van der Waals surface area contributed by atoms with Crippen LogP contribution in [0, 0.1) is 5.92 Å². The van der Waals surface area contributed by atoms with Crippen molar-refractivity contribution in [2.75, 3.05) is 25.3 Å². The fourth-order valence-corrected chi connectivity index (χ4v) is 3.34. The first kappa shape index (κ1) is 25.3. The molecule has 2 aromatic carbocycles. The molecule has 5 N–H and O–H groups in total. The smallest absolute Gasteiger partial charge is 0.319 e. The molecule has 1 aliphatic rings. The Balaban J connectivity index is 1.56. The molecule has 0 spiro atoms. The predicted molar refractivity (Wildman–Crippen MR) is 129 cm³/mol. The highest BCUT2D eigenvalue weighted by Crippen LogP contribution is 2.35. The van der Waals surface area contributed by atoms with Gasteiger partial charge in [-0.25, -0.2) is 4.79 Å². The van der Waals surface area contributed by atoms with Gasteiger partial charge in [-0.05, 0) is 42.3 Å². The highest BCUT2D eigenvalue weighted by molar-refractivity contribution is 5.90. The number of esters is 1. The van der Waals surface area contributed by atoms with Crippen LogP contribution >= 0.6 is 0 Å². The highest BCUT2D eigenvalue weighted by Gasteiger charge is 2.24. The zero-order chi connectivity index (χ0) is 25.2. The predicted octanol–water partition coefficient (Wildman–Crippen LogP) is 2.28. The van der Waals surface area contributed by atoms with Gasteiger partial charge in [0.2, 0.25) is 12.7 Å². The van der Waals surface area contributed by atoms with Crippen LogP contribution in [0.5, 0.6) is 11.5 Å². The van der Waals surface area contributed by atoms with E-state index in [0.717, 1.165) is 5.56 Å². The van der Waals surface area contributed by atoms with E-state index in [9.17, 15) is 14.4 Å². The molecule has 0 fully saturated rings. The number of carbonyl (C=O) groups is 3. The molecule has 1 unspecified atom stereocenters. The lowest BCUT2D eigenvalue weighted by molar-refractivity contribution is -0.143. The van der Waals surface area contributed by atoms with Crippen LogP contribution in [0.25, 0.3) is 0 Å². The Morgan fingerprint density at radius 2 is 1.89 bits per heavy atom. The first-order valence-electron chi connectivity index (χ1n) is 11.1. The van der Waals surface area contributed by atoms with Crippen molar-refractivity contribution >= 4 is 29.8 Å². The van der Waals surface area contributed by atoms with Gasteiger partial charge in [0.1, 0.15) is 0 Å². The third kappa shape index (κ3) is 7.36. The molecule has 186 valence electrons. The molecular weight excluding hydrogens is 454 g/mol. The molecule has 3 amide bonds. The van der Waals surface area contributed by atoms with Crippen molar-refractivity contribution in [3.8, 4) is 11.5 Å². The minimum Gasteiger partial charge on any atom is -0.466 e. The number of fused-ring (bicyclic) bond motifs is 1. The van der Waals surface area contributed by atoms with Crippen molar-refractivity contribution in [3.05, 3.63) is 53.6 Å². The zero-order valence-electron chi connectivity index (χ0n) is 19.6. The number of nitrogens with two attached hydrogens (primary N) is 1. The van der Waals surface area contributed by atoms with E-state index in [1.54, 1.807) is 56.3 Å². The summed E-state index contributed by atoms with van der Waals surface area (Å²) < 4.78 is 15.8. The Bertz CT molecular complexity index is 1070. The Labute approximate surface area is 203 Å². The molecule has 2 atom stereocenters. The van der Waals surface area contributed by atoms with Gasteiger partial charge in [-0.3, -0.25) is 9.59 Å². The van der Waals surface area contributed by atoms with E-state index >= 15 is 0 Å². The first-order valence-corrected chi connectivity index (χ1v) is 11.1. The van der Waals surface area contributed by atoms with Crippen LogP contribution in [0.4, 0.5) is 10.5 Å². The van der Waals surface area contributed by atoms with Crippen molar-refractivity contribution in [2.45, 2.75) is 26.3 Å². The van der Waals surface area contributed by atoms with Crippen molar-refractivity contribution < 1.29 is 28.6 Å². The second-order valence-electron chi connectivity index (χ2n) is 7.82. The minimum atomic E-state index is -0.636. The van der Waals surface area contributed by atoms with Crippen molar-refractivity contribution in [1.82, 2.24) is 10.6 Å². The van der Waals surface area contributed by atoms with E-state index in [1.807, 2.05) is 0 Å². The maximum absolute atomic E-state index is 12.9. The Hall–Kier alpha value is -4.28. The van der Waals surface area contributed by atoms with Gasteiger partial charge in [-0.15, -0.1) is 0 Å². The summed E-state index contributed by atoms with van der Waals surface area (Å²) in [5.41, 5.74) is 2.05. The second kappa shape index (κ2) is 12.3. The quantitative estimate of drug-likeness (QED) is 0.175. The average molecular weight is 484 g/mol. The van der Waals surface area contributed by atoms with Gasteiger partial charge in [-0.1, -0.05) is 25.1 Å². The molecule has 2 aromatic rings.